The summed E-state index contributed by atoms with van der Waals surface area (Å²) in [7, 11) is 0. The van der Waals surface area contributed by atoms with E-state index < -0.39 is 11.5 Å². The molecule has 0 spiro atoms. The lowest BCUT2D eigenvalue weighted by Gasteiger charge is -2.38. The molecule has 106 valence electrons. The number of hydrogen-bond donors (Lipinski definition) is 3. The lowest BCUT2D eigenvalue weighted by atomic mass is 9.82. The first-order valence-corrected chi connectivity index (χ1v) is 6.60. The number of amides is 2. The Morgan fingerprint density at radius 3 is 2.74 bits per heavy atom. The van der Waals surface area contributed by atoms with Crippen LogP contribution in [0.5, 0.6) is 0 Å². The lowest BCUT2D eigenvalue weighted by Crippen LogP contribution is -2.60. The quantitative estimate of drug-likeness (QED) is 0.275. The summed E-state index contributed by atoms with van der Waals surface area (Å²) >= 11 is 0. The van der Waals surface area contributed by atoms with E-state index in [2.05, 4.69) is 10.5 Å². The van der Waals surface area contributed by atoms with Crippen LogP contribution in [0, 0.1) is 5.41 Å². The second kappa shape index (κ2) is 5.07. The molecule has 1 heterocycles. The Morgan fingerprint density at radius 1 is 1.53 bits per heavy atom. The van der Waals surface area contributed by atoms with Crippen molar-refractivity contribution in [3.05, 3.63) is 0 Å². The van der Waals surface area contributed by atoms with E-state index in [-0.39, 0.29) is 17.6 Å². The third-order valence-corrected chi connectivity index (χ3v) is 4.22. The molecule has 0 bridgehead atoms. The van der Waals surface area contributed by atoms with Crippen LogP contribution in [0.3, 0.4) is 0 Å². The van der Waals surface area contributed by atoms with Gasteiger partial charge in [-0.1, -0.05) is 18.0 Å². The largest absolute Gasteiger partial charge is 0.409 e. The minimum Gasteiger partial charge on any atom is -0.409 e. The Bertz CT molecular complexity index is 415. The number of nitrogens with zero attached hydrogens (tertiary/aromatic N) is 2. The Hall–Kier alpha value is -1.79. The van der Waals surface area contributed by atoms with Crippen molar-refractivity contribution >= 4 is 17.6 Å². The third kappa shape index (κ3) is 2.13. The van der Waals surface area contributed by atoms with Gasteiger partial charge in [0, 0.05) is 13.1 Å². The topological polar surface area (TPSA) is 108 Å². The minimum absolute atomic E-state index is 0.0341. The van der Waals surface area contributed by atoms with E-state index in [1.54, 1.807) is 11.8 Å². The second-order valence-electron chi connectivity index (χ2n) is 5.24. The van der Waals surface area contributed by atoms with E-state index in [1.165, 1.54) is 0 Å². The van der Waals surface area contributed by atoms with E-state index in [9.17, 15) is 9.59 Å². The Morgan fingerprint density at radius 2 is 2.16 bits per heavy atom. The zero-order chi connectivity index (χ0) is 14.0. The Balaban J connectivity index is 2.27. The molecule has 19 heavy (non-hydrogen) atoms. The highest BCUT2D eigenvalue weighted by Gasteiger charge is 2.49. The lowest BCUT2D eigenvalue weighted by molar-refractivity contribution is -0.147. The normalized spacial score (nSPS) is 27.2. The maximum atomic E-state index is 12.8. The first-order valence-electron chi connectivity index (χ1n) is 6.60. The van der Waals surface area contributed by atoms with Crippen molar-refractivity contribution < 1.29 is 14.8 Å². The van der Waals surface area contributed by atoms with Crippen molar-refractivity contribution in [1.82, 2.24) is 10.2 Å². The van der Waals surface area contributed by atoms with Gasteiger partial charge in [0.15, 0.2) is 5.84 Å². The summed E-state index contributed by atoms with van der Waals surface area (Å²) in [6.07, 6.45) is 2.89. The van der Waals surface area contributed by atoms with Crippen LogP contribution >= 0.6 is 0 Å². The average molecular weight is 268 g/mol. The van der Waals surface area contributed by atoms with Gasteiger partial charge >= 0.3 is 0 Å². The number of oxime groups is 1. The number of amidine groups is 1. The highest BCUT2D eigenvalue weighted by atomic mass is 16.4. The third-order valence-electron chi connectivity index (χ3n) is 4.22. The van der Waals surface area contributed by atoms with Gasteiger partial charge in [0.05, 0.1) is 0 Å². The number of hydrogen-bond acceptors (Lipinski definition) is 4. The number of carbonyl (C=O) groups excluding carboxylic acids is 2. The number of nitrogens with one attached hydrogen (secondary N) is 1. The summed E-state index contributed by atoms with van der Waals surface area (Å²) in [4.78, 5) is 25.9. The molecule has 1 aliphatic heterocycles. The molecule has 1 saturated heterocycles. The van der Waals surface area contributed by atoms with Gasteiger partial charge in [-0.25, -0.2) is 0 Å². The first kappa shape index (κ1) is 13.6. The molecule has 1 atom stereocenters. The maximum absolute atomic E-state index is 12.8. The molecule has 7 heteroatoms. The fourth-order valence-corrected chi connectivity index (χ4v) is 2.99. The summed E-state index contributed by atoms with van der Waals surface area (Å²) < 4.78 is 0. The zero-order valence-corrected chi connectivity index (χ0v) is 11.1. The fourth-order valence-electron chi connectivity index (χ4n) is 2.99. The van der Waals surface area contributed by atoms with E-state index in [0.717, 1.165) is 12.8 Å². The highest BCUT2D eigenvalue weighted by molar-refractivity contribution is 6.08. The molecular formula is C12H20N4O3. The van der Waals surface area contributed by atoms with Crippen molar-refractivity contribution in [2.45, 2.75) is 38.6 Å². The number of carbonyl (C=O) groups is 2. The summed E-state index contributed by atoms with van der Waals surface area (Å²) in [5.74, 6) is -0.386. The molecule has 0 aromatic heterocycles. The van der Waals surface area contributed by atoms with Crippen molar-refractivity contribution in [2.24, 2.45) is 16.3 Å². The number of nitrogens with two attached hydrogens (primary N) is 1. The second-order valence-corrected chi connectivity index (χ2v) is 5.24. The SMILES string of the molecule is CC1C(=O)NCCN1C(=O)C1(C(N)=NO)CCCC1. The molecule has 4 N–H and O–H groups in total. The molecule has 1 saturated carbocycles. The summed E-state index contributed by atoms with van der Waals surface area (Å²) in [6, 6.07) is -0.509. The van der Waals surface area contributed by atoms with Crippen LogP contribution in [0.4, 0.5) is 0 Å². The highest BCUT2D eigenvalue weighted by Crippen LogP contribution is 2.40. The van der Waals surface area contributed by atoms with E-state index in [1.807, 2.05) is 0 Å². The summed E-state index contributed by atoms with van der Waals surface area (Å²) in [5, 5.41) is 14.7. The smallest absolute Gasteiger partial charge is 0.242 e. The van der Waals surface area contributed by atoms with Gasteiger partial charge in [0.25, 0.3) is 0 Å². The number of piperazine rings is 1. The Labute approximate surface area is 111 Å². The van der Waals surface area contributed by atoms with E-state index in [4.69, 9.17) is 10.9 Å². The van der Waals surface area contributed by atoms with Gasteiger partial charge in [-0.2, -0.15) is 0 Å². The molecule has 2 amide bonds. The molecule has 1 aliphatic carbocycles. The summed E-state index contributed by atoms with van der Waals surface area (Å²) in [5.41, 5.74) is 4.82. The molecular weight excluding hydrogens is 248 g/mol. The van der Waals surface area contributed by atoms with Crippen molar-refractivity contribution in [1.29, 1.82) is 0 Å². The minimum atomic E-state index is -0.930. The zero-order valence-electron chi connectivity index (χ0n) is 11.1. The van der Waals surface area contributed by atoms with E-state index in [0.29, 0.717) is 25.9 Å². The maximum Gasteiger partial charge on any atom is 0.242 e. The van der Waals surface area contributed by atoms with Gasteiger partial charge in [-0.05, 0) is 19.8 Å². The first-order chi connectivity index (χ1) is 9.03. The molecule has 7 nitrogen and oxygen atoms in total. The predicted molar refractivity (Wildman–Crippen MR) is 68.5 cm³/mol. The molecule has 1 unspecified atom stereocenters. The summed E-state index contributed by atoms with van der Waals surface area (Å²) in [6.45, 7) is 2.61. The van der Waals surface area contributed by atoms with Gasteiger partial charge in [0.1, 0.15) is 11.5 Å². The Kier molecular flexibility index (Phi) is 3.64. The standard InChI is InChI=1S/C12H20N4O3/c1-8-9(17)14-6-7-16(8)11(18)12(10(13)15-19)4-2-3-5-12/h8,19H,2-7H2,1H3,(H2,13,15)(H,14,17). The molecule has 0 aromatic carbocycles. The van der Waals surface area contributed by atoms with Crippen LogP contribution in [0.2, 0.25) is 0 Å². The molecule has 0 radical (unpaired) electrons. The molecule has 2 fully saturated rings. The van der Waals surface area contributed by atoms with E-state index >= 15 is 0 Å². The van der Waals surface area contributed by atoms with Gasteiger partial charge < -0.3 is 21.2 Å². The van der Waals surface area contributed by atoms with Crippen LogP contribution in [0.15, 0.2) is 5.16 Å². The predicted octanol–water partition coefficient (Wildman–Crippen LogP) is -0.360. The monoisotopic (exact) mass is 268 g/mol. The molecule has 0 aromatic rings. The van der Waals surface area contributed by atoms with Crippen LogP contribution < -0.4 is 11.1 Å². The van der Waals surface area contributed by atoms with Crippen LogP contribution in [0.25, 0.3) is 0 Å². The van der Waals surface area contributed by atoms with Gasteiger partial charge in [-0.15, -0.1) is 0 Å². The van der Waals surface area contributed by atoms with Gasteiger partial charge in [-0.3, -0.25) is 9.59 Å². The van der Waals surface area contributed by atoms with Crippen molar-refractivity contribution in [3.63, 3.8) is 0 Å². The van der Waals surface area contributed by atoms with Crippen molar-refractivity contribution in [3.8, 4) is 0 Å². The van der Waals surface area contributed by atoms with Gasteiger partial charge in [0.2, 0.25) is 11.8 Å². The fraction of sp³-hybridized carbons (Fsp3) is 0.750. The van der Waals surface area contributed by atoms with Crippen molar-refractivity contribution in [2.75, 3.05) is 13.1 Å². The van der Waals surface area contributed by atoms with Crippen LogP contribution in [0.1, 0.15) is 32.6 Å². The average Bonchev–Trinajstić information content (AvgIpc) is 2.91. The van der Waals surface area contributed by atoms with Crippen LogP contribution in [-0.4, -0.2) is 46.9 Å². The molecule has 2 aliphatic rings. The van der Waals surface area contributed by atoms with Crippen LogP contribution in [-0.2, 0) is 9.59 Å². The number of rotatable bonds is 2. The molecule has 2 rings (SSSR count).